The Balaban J connectivity index is 4.23. The molecule has 0 fully saturated rings. The minimum Gasteiger partial charge on any atom is -0.250 e. The normalized spacial score (nSPS) is 10.9. The van der Waals surface area contributed by atoms with Crippen LogP contribution >= 0.6 is 0 Å². The fourth-order valence-corrected chi connectivity index (χ4v) is 0.357. The molecule has 14 heavy (non-hydrogen) atoms. The van der Waals surface area contributed by atoms with Gasteiger partial charge in [-0.25, -0.2) is 4.79 Å². The molecule has 0 aromatic rings. The van der Waals surface area contributed by atoms with Crippen molar-refractivity contribution >= 4 is 6.03 Å². The standard InChI is InChI=1S/C3H5F5N4O2/c1-2-14-12(8)10(5)3(13)9(4)11(6)7/h2H2,1H3. The number of hydrogen-bond acceptors (Lipinski definition) is 4. The van der Waals surface area contributed by atoms with Crippen LogP contribution in [0.25, 0.3) is 0 Å². The molecule has 0 heterocycles. The van der Waals surface area contributed by atoms with Crippen LogP contribution in [-0.4, -0.2) is 33.9 Å². The first-order valence-corrected chi connectivity index (χ1v) is 3.07. The fourth-order valence-electron chi connectivity index (χ4n) is 0.357. The summed E-state index contributed by atoms with van der Waals surface area (Å²) in [7, 11) is 0. The number of rotatable bonds is 4. The van der Waals surface area contributed by atoms with Crippen LogP contribution in [0.15, 0.2) is 0 Å². The van der Waals surface area contributed by atoms with Gasteiger partial charge in [0.15, 0.2) is 5.45 Å². The number of urea groups is 1. The lowest BCUT2D eigenvalue weighted by Crippen LogP contribution is -2.44. The van der Waals surface area contributed by atoms with Gasteiger partial charge in [-0.3, -0.25) is 4.84 Å². The van der Waals surface area contributed by atoms with Crippen molar-refractivity contribution < 1.29 is 32.0 Å². The van der Waals surface area contributed by atoms with E-state index in [4.69, 9.17) is 0 Å². The Morgan fingerprint density at radius 2 is 1.64 bits per heavy atom. The SMILES string of the molecule is CCON(F)N(F)C(=O)N(F)N(F)F. The first kappa shape index (κ1) is 12.8. The average molecular weight is 224 g/mol. The highest BCUT2D eigenvalue weighted by atomic mass is 19.4. The molecule has 0 atom stereocenters. The second-order valence-electron chi connectivity index (χ2n) is 1.66. The maximum absolute atomic E-state index is 12.3. The number of hydrogen-bond donors (Lipinski definition) is 0. The van der Waals surface area contributed by atoms with Crippen molar-refractivity contribution in [2.24, 2.45) is 0 Å². The van der Waals surface area contributed by atoms with Crippen LogP contribution in [0, 0.1) is 0 Å². The Hall–Kier alpha value is -1.20. The van der Waals surface area contributed by atoms with Gasteiger partial charge >= 0.3 is 6.03 Å². The second kappa shape index (κ2) is 5.51. The van der Waals surface area contributed by atoms with Crippen LogP contribution in [-0.2, 0) is 4.84 Å². The fraction of sp³-hybridized carbons (Fsp3) is 0.667. The largest absolute Gasteiger partial charge is 0.415 e. The molecular formula is C3H5F5N4O2. The van der Waals surface area contributed by atoms with E-state index in [2.05, 4.69) is 4.84 Å². The number of nitrogens with zero attached hydrogens (tertiary/aromatic N) is 4. The molecule has 0 saturated carbocycles. The maximum Gasteiger partial charge on any atom is 0.415 e. The van der Waals surface area contributed by atoms with Gasteiger partial charge in [-0.2, -0.15) is 0 Å². The summed E-state index contributed by atoms with van der Waals surface area (Å²) in [5.74, 6) is 0. The second-order valence-corrected chi connectivity index (χ2v) is 1.66. The van der Waals surface area contributed by atoms with Crippen molar-refractivity contribution in [1.82, 2.24) is 21.3 Å². The van der Waals surface area contributed by atoms with Crippen LogP contribution < -0.4 is 0 Å². The van der Waals surface area contributed by atoms with Crippen LogP contribution in [0.1, 0.15) is 6.92 Å². The molecule has 84 valence electrons. The van der Waals surface area contributed by atoms with Crippen LogP contribution in [0.2, 0.25) is 0 Å². The minimum atomic E-state index is -2.62. The molecule has 0 spiro atoms. The number of carbonyl (C=O) groups is 1. The van der Waals surface area contributed by atoms with Gasteiger partial charge in [-0.1, -0.05) is 22.4 Å². The summed E-state index contributed by atoms with van der Waals surface area (Å²) in [6.45, 7) is 0.820. The first-order valence-electron chi connectivity index (χ1n) is 3.07. The Bertz CT molecular complexity index is 194. The van der Waals surface area contributed by atoms with Crippen LogP contribution in [0.5, 0.6) is 0 Å². The lowest BCUT2D eigenvalue weighted by atomic mass is 10.9. The molecule has 11 heteroatoms. The van der Waals surface area contributed by atoms with Gasteiger partial charge in [-0.05, 0) is 17.4 Å². The molecule has 0 aromatic carbocycles. The highest BCUT2D eigenvalue weighted by Gasteiger charge is 2.33. The molecule has 0 unspecified atom stereocenters. The third-order valence-corrected chi connectivity index (χ3v) is 0.822. The van der Waals surface area contributed by atoms with E-state index in [1.54, 1.807) is 0 Å². The lowest BCUT2D eigenvalue weighted by Gasteiger charge is -2.18. The number of halogens is 5. The minimum absolute atomic E-state index is 0.397. The van der Waals surface area contributed by atoms with Crippen molar-refractivity contribution in [3.8, 4) is 0 Å². The van der Waals surface area contributed by atoms with Gasteiger partial charge in [0, 0.05) is 0 Å². The molecule has 0 aliphatic carbocycles. The number of hydrazine groups is 2. The summed E-state index contributed by atoms with van der Waals surface area (Å²) >= 11 is 0. The average Bonchev–Trinajstić information content (AvgIpc) is 2.14. The van der Waals surface area contributed by atoms with E-state index in [9.17, 15) is 27.2 Å². The summed E-state index contributed by atoms with van der Waals surface area (Å²) in [5, 5.41) is -4.93. The maximum atomic E-state index is 12.3. The van der Waals surface area contributed by atoms with Gasteiger partial charge in [0.1, 0.15) is 5.39 Å². The predicted octanol–water partition coefficient (Wildman–Crippen LogP) is 1.52. The van der Waals surface area contributed by atoms with Crippen molar-refractivity contribution in [3.63, 3.8) is 0 Å². The molecule has 0 saturated heterocycles. The summed E-state index contributed by atoms with van der Waals surface area (Å²) < 4.78 is 58.9. The molecule has 0 aliphatic heterocycles. The summed E-state index contributed by atoms with van der Waals surface area (Å²) in [6.07, 6.45) is 0. The van der Waals surface area contributed by atoms with E-state index in [0.717, 1.165) is 0 Å². The Morgan fingerprint density at radius 1 is 1.14 bits per heavy atom. The molecule has 0 rings (SSSR count). The van der Waals surface area contributed by atoms with E-state index in [1.807, 2.05) is 0 Å². The highest BCUT2D eigenvalue weighted by Crippen LogP contribution is 2.10. The van der Waals surface area contributed by atoms with E-state index in [1.165, 1.54) is 6.92 Å². The molecular weight excluding hydrogens is 219 g/mol. The van der Waals surface area contributed by atoms with Gasteiger partial charge in [0.05, 0.1) is 6.61 Å². The summed E-state index contributed by atoms with van der Waals surface area (Å²) in [4.78, 5) is 13.9. The van der Waals surface area contributed by atoms with Gasteiger partial charge in [-0.15, -0.1) is 0 Å². The molecule has 0 aromatic heterocycles. The molecule has 0 bridgehead atoms. The molecule has 0 N–H and O–H groups in total. The molecule has 2 amide bonds. The Morgan fingerprint density at radius 3 is 2.00 bits per heavy atom. The van der Waals surface area contributed by atoms with Gasteiger partial charge in [0.25, 0.3) is 0 Å². The monoisotopic (exact) mass is 224 g/mol. The van der Waals surface area contributed by atoms with Crippen molar-refractivity contribution in [2.75, 3.05) is 6.61 Å². The summed E-state index contributed by atoms with van der Waals surface area (Å²) in [6, 6.07) is -2.62. The van der Waals surface area contributed by atoms with E-state index >= 15 is 0 Å². The summed E-state index contributed by atoms with van der Waals surface area (Å²) in [5.41, 5.74) is -2.38. The zero-order valence-corrected chi connectivity index (χ0v) is 6.70. The van der Waals surface area contributed by atoms with Crippen molar-refractivity contribution in [1.29, 1.82) is 0 Å². The molecule has 0 aliphatic rings. The lowest BCUT2D eigenvalue weighted by molar-refractivity contribution is -0.432. The smallest absolute Gasteiger partial charge is 0.250 e. The Kier molecular flexibility index (Phi) is 5.04. The zero-order chi connectivity index (χ0) is 11.3. The van der Waals surface area contributed by atoms with Crippen molar-refractivity contribution in [2.45, 2.75) is 6.92 Å². The van der Waals surface area contributed by atoms with Crippen molar-refractivity contribution in [3.05, 3.63) is 0 Å². The van der Waals surface area contributed by atoms with E-state index < -0.39 is 33.9 Å². The first-order chi connectivity index (χ1) is 6.41. The third kappa shape index (κ3) is 3.27. The number of carbonyl (C=O) groups excluding carboxylic acids is 1. The molecule has 0 radical (unpaired) electrons. The Labute approximate surface area is 74.2 Å². The van der Waals surface area contributed by atoms with Crippen LogP contribution in [0.3, 0.4) is 0 Å². The van der Waals surface area contributed by atoms with Gasteiger partial charge < -0.3 is 0 Å². The van der Waals surface area contributed by atoms with E-state index in [-0.39, 0.29) is 0 Å². The predicted molar refractivity (Wildman–Crippen MR) is 29.9 cm³/mol. The third-order valence-electron chi connectivity index (χ3n) is 0.822. The molecule has 6 nitrogen and oxygen atoms in total. The topological polar surface area (TPSA) is 39.3 Å². The quantitative estimate of drug-likeness (QED) is 0.412. The highest BCUT2D eigenvalue weighted by molar-refractivity contribution is 5.70. The zero-order valence-electron chi connectivity index (χ0n) is 6.70. The number of amides is 2. The van der Waals surface area contributed by atoms with Crippen LogP contribution in [0.4, 0.5) is 27.2 Å². The van der Waals surface area contributed by atoms with E-state index in [0.29, 0.717) is 0 Å². The van der Waals surface area contributed by atoms with Gasteiger partial charge in [0.2, 0.25) is 0 Å².